The van der Waals surface area contributed by atoms with Crippen LogP contribution in [0.2, 0.25) is 0 Å². The van der Waals surface area contributed by atoms with Crippen molar-refractivity contribution in [3.05, 3.63) is 71.3 Å². The first kappa shape index (κ1) is 14.3. The van der Waals surface area contributed by atoms with E-state index in [-0.39, 0.29) is 6.29 Å². The van der Waals surface area contributed by atoms with Crippen molar-refractivity contribution in [2.24, 2.45) is 0 Å². The van der Waals surface area contributed by atoms with E-state index in [4.69, 9.17) is 9.47 Å². The summed E-state index contributed by atoms with van der Waals surface area (Å²) in [6.07, 6.45) is 4.36. The third-order valence-electron chi connectivity index (χ3n) is 3.85. The molecule has 1 aliphatic heterocycles. The van der Waals surface area contributed by atoms with Crippen LogP contribution in [0.15, 0.2) is 54.6 Å². The number of benzene rings is 2. The molecular formula is C19H22O2. The fraction of sp³-hybridized carbons (Fsp3) is 0.368. The molecule has 1 aliphatic rings. The van der Waals surface area contributed by atoms with E-state index in [2.05, 4.69) is 54.6 Å². The van der Waals surface area contributed by atoms with E-state index >= 15 is 0 Å². The summed E-state index contributed by atoms with van der Waals surface area (Å²) in [7, 11) is 0. The summed E-state index contributed by atoms with van der Waals surface area (Å²) in [5.74, 6) is 0. The van der Waals surface area contributed by atoms with Gasteiger partial charge in [0.15, 0.2) is 6.29 Å². The van der Waals surface area contributed by atoms with Gasteiger partial charge in [-0.15, -0.1) is 0 Å². The normalized spacial score (nSPS) is 18.6. The van der Waals surface area contributed by atoms with E-state index < -0.39 is 0 Å². The summed E-state index contributed by atoms with van der Waals surface area (Å²) in [4.78, 5) is 0. The van der Waals surface area contributed by atoms with Crippen molar-refractivity contribution < 1.29 is 9.47 Å². The third kappa shape index (κ3) is 4.42. The minimum Gasteiger partial charge on any atom is -0.353 e. The van der Waals surface area contributed by atoms with E-state index in [1.165, 1.54) is 23.1 Å². The molecule has 2 heteroatoms. The van der Waals surface area contributed by atoms with Gasteiger partial charge in [-0.05, 0) is 42.4 Å². The van der Waals surface area contributed by atoms with Crippen LogP contribution >= 0.6 is 0 Å². The van der Waals surface area contributed by atoms with Gasteiger partial charge in [0, 0.05) is 6.61 Å². The second-order valence-electron chi connectivity index (χ2n) is 5.59. The molecule has 1 heterocycles. The van der Waals surface area contributed by atoms with Crippen molar-refractivity contribution in [2.45, 2.75) is 38.6 Å². The largest absolute Gasteiger partial charge is 0.353 e. The van der Waals surface area contributed by atoms with E-state index in [9.17, 15) is 0 Å². The van der Waals surface area contributed by atoms with Gasteiger partial charge in [0.1, 0.15) is 0 Å². The Hall–Kier alpha value is -1.64. The lowest BCUT2D eigenvalue weighted by Gasteiger charge is -2.22. The van der Waals surface area contributed by atoms with Gasteiger partial charge in [-0.3, -0.25) is 0 Å². The highest BCUT2D eigenvalue weighted by atomic mass is 16.7. The number of hydrogen-bond donors (Lipinski definition) is 0. The fourth-order valence-electron chi connectivity index (χ4n) is 2.62. The molecule has 2 aromatic carbocycles. The van der Waals surface area contributed by atoms with Crippen LogP contribution in [-0.2, 0) is 22.5 Å². The Kier molecular flexibility index (Phi) is 5.03. The molecule has 2 nitrogen and oxygen atoms in total. The lowest BCUT2D eigenvalue weighted by molar-refractivity contribution is -0.168. The average Bonchev–Trinajstić information content (AvgIpc) is 2.56. The summed E-state index contributed by atoms with van der Waals surface area (Å²) in [5.41, 5.74) is 3.89. The number of rotatable bonds is 5. The zero-order chi connectivity index (χ0) is 14.3. The highest BCUT2D eigenvalue weighted by Gasteiger charge is 2.13. The van der Waals surface area contributed by atoms with E-state index in [1.54, 1.807) is 0 Å². The highest BCUT2D eigenvalue weighted by molar-refractivity contribution is 5.28. The maximum atomic E-state index is 5.80. The van der Waals surface area contributed by atoms with E-state index in [0.29, 0.717) is 6.61 Å². The minimum atomic E-state index is -0.0113. The van der Waals surface area contributed by atoms with Crippen LogP contribution in [0.4, 0.5) is 0 Å². The van der Waals surface area contributed by atoms with Crippen LogP contribution in [0, 0.1) is 0 Å². The standard InChI is InChI=1S/C19H22O2/c1-2-6-16(7-3-1)14-17-9-11-18(12-10-17)15-21-19-8-4-5-13-20-19/h1-3,6-7,9-12,19H,4-5,8,13-15H2. The van der Waals surface area contributed by atoms with Gasteiger partial charge in [-0.25, -0.2) is 0 Å². The van der Waals surface area contributed by atoms with Crippen molar-refractivity contribution in [1.82, 2.24) is 0 Å². The van der Waals surface area contributed by atoms with Crippen LogP contribution < -0.4 is 0 Å². The maximum absolute atomic E-state index is 5.80. The summed E-state index contributed by atoms with van der Waals surface area (Å²) < 4.78 is 11.4. The summed E-state index contributed by atoms with van der Waals surface area (Å²) >= 11 is 0. The molecule has 0 saturated carbocycles. The zero-order valence-corrected chi connectivity index (χ0v) is 12.3. The molecule has 0 radical (unpaired) electrons. The Morgan fingerprint density at radius 3 is 2.29 bits per heavy atom. The summed E-state index contributed by atoms with van der Waals surface area (Å²) in [6, 6.07) is 19.2. The zero-order valence-electron chi connectivity index (χ0n) is 12.3. The highest BCUT2D eigenvalue weighted by Crippen LogP contribution is 2.16. The molecule has 0 spiro atoms. The molecule has 0 amide bonds. The molecule has 1 atom stereocenters. The molecule has 0 bridgehead atoms. The molecule has 1 unspecified atom stereocenters. The van der Waals surface area contributed by atoms with Crippen LogP contribution in [-0.4, -0.2) is 12.9 Å². The Morgan fingerprint density at radius 1 is 0.857 bits per heavy atom. The van der Waals surface area contributed by atoms with Crippen molar-refractivity contribution in [3.63, 3.8) is 0 Å². The summed E-state index contributed by atoms with van der Waals surface area (Å²) in [6.45, 7) is 1.47. The minimum absolute atomic E-state index is 0.0113. The second-order valence-corrected chi connectivity index (χ2v) is 5.59. The molecule has 0 aliphatic carbocycles. The molecule has 0 N–H and O–H groups in total. The van der Waals surface area contributed by atoms with Gasteiger partial charge in [0.25, 0.3) is 0 Å². The molecule has 3 rings (SSSR count). The molecule has 0 aromatic heterocycles. The van der Waals surface area contributed by atoms with Crippen LogP contribution in [0.25, 0.3) is 0 Å². The Morgan fingerprint density at radius 2 is 1.57 bits per heavy atom. The van der Waals surface area contributed by atoms with Crippen molar-refractivity contribution in [3.8, 4) is 0 Å². The first-order valence-corrected chi connectivity index (χ1v) is 7.75. The lowest BCUT2D eigenvalue weighted by atomic mass is 10.0. The van der Waals surface area contributed by atoms with Crippen molar-refractivity contribution in [2.75, 3.05) is 6.61 Å². The molecule has 1 fully saturated rings. The predicted octanol–water partition coefficient (Wildman–Crippen LogP) is 4.32. The fourth-order valence-corrected chi connectivity index (χ4v) is 2.62. The van der Waals surface area contributed by atoms with E-state index in [1.807, 2.05) is 0 Å². The Bertz CT molecular complexity index is 527. The Balaban J connectivity index is 1.51. The number of ether oxygens (including phenoxy) is 2. The first-order valence-electron chi connectivity index (χ1n) is 7.75. The lowest BCUT2D eigenvalue weighted by Crippen LogP contribution is -2.21. The SMILES string of the molecule is c1ccc(Cc2ccc(COC3CCCCO3)cc2)cc1. The van der Waals surface area contributed by atoms with Gasteiger partial charge in [0.05, 0.1) is 6.61 Å². The van der Waals surface area contributed by atoms with Crippen molar-refractivity contribution in [1.29, 1.82) is 0 Å². The van der Waals surface area contributed by atoms with Crippen LogP contribution in [0.3, 0.4) is 0 Å². The molecule has 2 aromatic rings. The first-order chi connectivity index (χ1) is 10.4. The smallest absolute Gasteiger partial charge is 0.158 e. The van der Waals surface area contributed by atoms with Gasteiger partial charge < -0.3 is 9.47 Å². The van der Waals surface area contributed by atoms with E-state index in [0.717, 1.165) is 25.9 Å². The van der Waals surface area contributed by atoms with Gasteiger partial charge in [0.2, 0.25) is 0 Å². The maximum Gasteiger partial charge on any atom is 0.158 e. The average molecular weight is 282 g/mol. The van der Waals surface area contributed by atoms with Gasteiger partial charge in [-0.2, -0.15) is 0 Å². The molecule has 21 heavy (non-hydrogen) atoms. The van der Waals surface area contributed by atoms with Gasteiger partial charge >= 0.3 is 0 Å². The summed E-state index contributed by atoms with van der Waals surface area (Å²) in [5, 5.41) is 0. The molecule has 110 valence electrons. The quantitative estimate of drug-likeness (QED) is 0.813. The topological polar surface area (TPSA) is 18.5 Å². The molecular weight excluding hydrogens is 260 g/mol. The van der Waals surface area contributed by atoms with Crippen LogP contribution in [0.5, 0.6) is 0 Å². The van der Waals surface area contributed by atoms with Crippen LogP contribution in [0.1, 0.15) is 36.0 Å². The molecule has 1 saturated heterocycles. The second kappa shape index (κ2) is 7.39. The monoisotopic (exact) mass is 282 g/mol. The predicted molar refractivity (Wildman–Crippen MR) is 84.1 cm³/mol. The Labute approximate surface area is 126 Å². The van der Waals surface area contributed by atoms with Crippen molar-refractivity contribution >= 4 is 0 Å². The number of hydrogen-bond acceptors (Lipinski definition) is 2. The third-order valence-corrected chi connectivity index (χ3v) is 3.85. The van der Waals surface area contributed by atoms with Gasteiger partial charge in [-0.1, -0.05) is 54.6 Å².